The number of carbonyl (C=O) groups excluding carboxylic acids is 1. The number of para-hydroxylation sites is 2. The molecule has 1 saturated heterocycles. The number of nitrogens with one attached hydrogen (secondary N) is 1. The molecule has 0 radical (unpaired) electrons. The van der Waals surface area contributed by atoms with Crippen molar-refractivity contribution in [2.24, 2.45) is 0 Å². The predicted octanol–water partition coefficient (Wildman–Crippen LogP) is 2.72. The molecule has 7 nitrogen and oxygen atoms in total. The number of carbonyl (C=O) groups is 1. The fourth-order valence-corrected chi connectivity index (χ4v) is 3.31. The van der Waals surface area contributed by atoms with Gasteiger partial charge in [-0.3, -0.25) is 4.79 Å². The average molecular weight is 385 g/mol. The molecule has 3 rings (SSSR count). The Morgan fingerprint density at radius 2 is 1.54 bits per heavy atom. The molecule has 0 atom stereocenters. The van der Waals surface area contributed by atoms with Crippen LogP contribution in [0.5, 0.6) is 17.2 Å². The molecule has 1 heterocycles. The molecule has 0 aromatic heterocycles. The van der Waals surface area contributed by atoms with Crippen molar-refractivity contribution in [3.63, 3.8) is 0 Å². The number of rotatable bonds is 6. The van der Waals surface area contributed by atoms with Gasteiger partial charge in [0.15, 0.2) is 11.5 Å². The predicted molar refractivity (Wildman–Crippen MR) is 110 cm³/mol. The zero-order chi connectivity index (χ0) is 20.1. The molecule has 7 heteroatoms. The van der Waals surface area contributed by atoms with Crippen LogP contribution >= 0.6 is 0 Å². The smallest absolute Gasteiger partial charge is 0.255 e. The molecule has 2 aromatic carbocycles. The quantitative estimate of drug-likeness (QED) is 0.825. The third-order valence-corrected chi connectivity index (χ3v) is 4.92. The fourth-order valence-electron chi connectivity index (χ4n) is 3.31. The van der Waals surface area contributed by atoms with Gasteiger partial charge in [0.1, 0.15) is 0 Å². The Morgan fingerprint density at radius 1 is 0.929 bits per heavy atom. The van der Waals surface area contributed by atoms with Gasteiger partial charge in [0.05, 0.1) is 32.7 Å². The lowest BCUT2D eigenvalue weighted by atomic mass is 10.1. The van der Waals surface area contributed by atoms with E-state index in [4.69, 9.17) is 14.2 Å². The van der Waals surface area contributed by atoms with E-state index in [0.29, 0.717) is 22.8 Å². The highest BCUT2D eigenvalue weighted by Crippen LogP contribution is 2.38. The molecule has 0 spiro atoms. The van der Waals surface area contributed by atoms with E-state index in [1.54, 1.807) is 12.1 Å². The van der Waals surface area contributed by atoms with Crippen LogP contribution < -0.4 is 24.4 Å². The van der Waals surface area contributed by atoms with Gasteiger partial charge in [0, 0.05) is 31.7 Å². The number of amides is 1. The molecule has 0 saturated carbocycles. The molecule has 28 heavy (non-hydrogen) atoms. The topological polar surface area (TPSA) is 63.3 Å². The monoisotopic (exact) mass is 385 g/mol. The minimum absolute atomic E-state index is 0.235. The summed E-state index contributed by atoms with van der Waals surface area (Å²) < 4.78 is 16.0. The Balaban J connectivity index is 1.86. The van der Waals surface area contributed by atoms with Crippen molar-refractivity contribution in [2.45, 2.75) is 0 Å². The van der Waals surface area contributed by atoms with E-state index in [-0.39, 0.29) is 5.91 Å². The van der Waals surface area contributed by atoms with Crippen molar-refractivity contribution in [2.75, 3.05) is 64.8 Å². The molecule has 1 N–H and O–H groups in total. The highest BCUT2D eigenvalue weighted by Gasteiger charge is 2.20. The number of hydrogen-bond donors (Lipinski definition) is 1. The molecule has 1 aliphatic heterocycles. The Labute approximate surface area is 165 Å². The van der Waals surface area contributed by atoms with Gasteiger partial charge >= 0.3 is 0 Å². The first-order valence-electron chi connectivity index (χ1n) is 9.21. The van der Waals surface area contributed by atoms with E-state index < -0.39 is 0 Å². The minimum Gasteiger partial charge on any atom is -0.493 e. The molecule has 1 amide bonds. The number of ether oxygens (including phenoxy) is 3. The zero-order valence-corrected chi connectivity index (χ0v) is 16.8. The number of nitrogens with zero attached hydrogens (tertiary/aromatic N) is 2. The van der Waals surface area contributed by atoms with E-state index >= 15 is 0 Å². The summed E-state index contributed by atoms with van der Waals surface area (Å²) in [5.74, 6) is 1.11. The normalized spacial score (nSPS) is 14.5. The Hall–Kier alpha value is -2.93. The lowest BCUT2D eigenvalue weighted by molar-refractivity contribution is 0.102. The molecule has 150 valence electrons. The number of methoxy groups -OCH3 is 3. The summed E-state index contributed by atoms with van der Waals surface area (Å²) in [4.78, 5) is 17.5. The van der Waals surface area contributed by atoms with Gasteiger partial charge in [-0.2, -0.15) is 0 Å². The fraction of sp³-hybridized carbons (Fsp3) is 0.381. The van der Waals surface area contributed by atoms with Crippen LogP contribution in [0.15, 0.2) is 36.4 Å². The first kappa shape index (κ1) is 19.8. The van der Waals surface area contributed by atoms with E-state index in [9.17, 15) is 4.79 Å². The number of anilines is 2. The third kappa shape index (κ3) is 4.14. The Morgan fingerprint density at radius 3 is 2.11 bits per heavy atom. The van der Waals surface area contributed by atoms with Crippen LogP contribution in [0, 0.1) is 0 Å². The SMILES string of the molecule is COc1cc(C(=O)Nc2ccccc2N2CCN(C)CC2)cc(OC)c1OC. The molecule has 0 bridgehead atoms. The van der Waals surface area contributed by atoms with Crippen molar-refractivity contribution in [3.8, 4) is 17.2 Å². The van der Waals surface area contributed by atoms with Gasteiger partial charge in [0.2, 0.25) is 5.75 Å². The minimum atomic E-state index is -0.235. The summed E-state index contributed by atoms with van der Waals surface area (Å²) in [6.07, 6.45) is 0. The molecule has 1 fully saturated rings. The van der Waals surface area contributed by atoms with Crippen LogP contribution in [-0.2, 0) is 0 Å². The van der Waals surface area contributed by atoms with Crippen molar-refractivity contribution in [3.05, 3.63) is 42.0 Å². The van der Waals surface area contributed by atoms with Gasteiger partial charge in [-0.15, -0.1) is 0 Å². The van der Waals surface area contributed by atoms with Gasteiger partial charge in [-0.25, -0.2) is 0 Å². The van der Waals surface area contributed by atoms with Crippen molar-refractivity contribution in [1.82, 2.24) is 4.90 Å². The lowest BCUT2D eigenvalue weighted by Crippen LogP contribution is -2.44. The number of likely N-dealkylation sites (N-methyl/N-ethyl adjacent to an activating group) is 1. The van der Waals surface area contributed by atoms with Gasteiger partial charge in [-0.05, 0) is 31.3 Å². The molecule has 1 aliphatic rings. The maximum atomic E-state index is 12.9. The molecule has 0 unspecified atom stereocenters. The standard InChI is InChI=1S/C21H27N3O4/c1-23-9-11-24(12-10-23)17-8-6-5-7-16(17)22-21(25)15-13-18(26-2)20(28-4)19(14-15)27-3/h5-8,13-14H,9-12H2,1-4H3,(H,22,25). The second-order valence-corrected chi connectivity index (χ2v) is 6.68. The first-order valence-corrected chi connectivity index (χ1v) is 9.21. The van der Waals surface area contributed by atoms with Crippen LogP contribution in [-0.4, -0.2) is 65.4 Å². The summed E-state index contributed by atoms with van der Waals surface area (Å²) in [6.45, 7) is 3.84. The number of benzene rings is 2. The summed E-state index contributed by atoms with van der Waals surface area (Å²) in [6, 6.07) is 11.2. The maximum Gasteiger partial charge on any atom is 0.255 e. The van der Waals surface area contributed by atoms with Crippen molar-refractivity contribution < 1.29 is 19.0 Å². The molecular weight excluding hydrogens is 358 g/mol. The zero-order valence-electron chi connectivity index (χ0n) is 16.8. The summed E-state index contributed by atoms with van der Waals surface area (Å²) in [5.41, 5.74) is 2.24. The lowest BCUT2D eigenvalue weighted by Gasteiger charge is -2.35. The Kier molecular flexibility index (Phi) is 6.26. The third-order valence-electron chi connectivity index (χ3n) is 4.92. The summed E-state index contributed by atoms with van der Waals surface area (Å²) >= 11 is 0. The highest BCUT2D eigenvalue weighted by atomic mass is 16.5. The second-order valence-electron chi connectivity index (χ2n) is 6.68. The van der Waals surface area contributed by atoms with Crippen LogP contribution in [0.3, 0.4) is 0 Å². The highest BCUT2D eigenvalue weighted by molar-refractivity contribution is 6.06. The van der Waals surface area contributed by atoms with E-state index in [2.05, 4.69) is 22.2 Å². The molecule has 0 aliphatic carbocycles. The van der Waals surface area contributed by atoms with E-state index in [0.717, 1.165) is 37.6 Å². The first-order chi connectivity index (χ1) is 13.6. The van der Waals surface area contributed by atoms with Crippen LogP contribution in [0.1, 0.15) is 10.4 Å². The maximum absolute atomic E-state index is 12.9. The van der Waals surface area contributed by atoms with Crippen LogP contribution in [0.2, 0.25) is 0 Å². The van der Waals surface area contributed by atoms with Crippen LogP contribution in [0.4, 0.5) is 11.4 Å². The van der Waals surface area contributed by atoms with E-state index in [1.807, 2.05) is 24.3 Å². The van der Waals surface area contributed by atoms with Gasteiger partial charge < -0.3 is 29.3 Å². The summed E-state index contributed by atoms with van der Waals surface area (Å²) in [7, 11) is 6.71. The Bertz CT molecular complexity index is 807. The molecule has 2 aromatic rings. The van der Waals surface area contributed by atoms with Crippen LogP contribution in [0.25, 0.3) is 0 Å². The van der Waals surface area contributed by atoms with Crippen molar-refractivity contribution >= 4 is 17.3 Å². The average Bonchev–Trinajstić information content (AvgIpc) is 2.73. The number of hydrogen-bond acceptors (Lipinski definition) is 6. The largest absolute Gasteiger partial charge is 0.493 e. The summed E-state index contributed by atoms with van der Waals surface area (Å²) in [5, 5.41) is 3.03. The number of piperazine rings is 1. The second kappa shape index (κ2) is 8.84. The van der Waals surface area contributed by atoms with E-state index in [1.165, 1.54) is 21.3 Å². The molecular formula is C21H27N3O4. The van der Waals surface area contributed by atoms with Gasteiger partial charge in [-0.1, -0.05) is 12.1 Å². The van der Waals surface area contributed by atoms with Gasteiger partial charge in [0.25, 0.3) is 5.91 Å². The van der Waals surface area contributed by atoms with Crippen molar-refractivity contribution in [1.29, 1.82) is 0 Å².